The lowest BCUT2D eigenvalue weighted by molar-refractivity contribution is -0.137. The van der Waals surface area contributed by atoms with Crippen LogP contribution in [0.4, 0.5) is 0 Å². The highest BCUT2D eigenvalue weighted by atomic mass is 32.2. The van der Waals surface area contributed by atoms with Crippen LogP contribution in [-0.4, -0.2) is 32.9 Å². The summed E-state index contributed by atoms with van der Waals surface area (Å²) in [5.74, 6) is -0.689. The number of benzene rings is 1. The SMILES string of the molecule is COc1ccc(S(C)(=O)=O)cc1C(N)CC(=O)O. The van der Waals surface area contributed by atoms with E-state index in [4.69, 9.17) is 15.6 Å². The topological polar surface area (TPSA) is 107 Å². The summed E-state index contributed by atoms with van der Waals surface area (Å²) in [6.45, 7) is 0. The fourth-order valence-electron chi connectivity index (χ4n) is 1.53. The van der Waals surface area contributed by atoms with Gasteiger partial charge in [0.1, 0.15) is 5.75 Å². The molecule has 0 aliphatic rings. The number of carboxylic acids is 1. The van der Waals surface area contributed by atoms with Gasteiger partial charge in [-0.15, -0.1) is 0 Å². The van der Waals surface area contributed by atoms with Gasteiger partial charge in [0, 0.05) is 17.9 Å². The third-order valence-electron chi connectivity index (χ3n) is 2.42. The molecule has 1 unspecified atom stereocenters. The average Bonchev–Trinajstić information content (AvgIpc) is 2.26. The van der Waals surface area contributed by atoms with Crippen molar-refractivity contribution in [2.24, 2.45) is 5.73 Å². The van der Waals surface area contributed by atoms with Crippen LogP contribution in [0.2, 0.25) is 0 Å². The standard InChI is InChI=1S/C11H15NO5S/c1-17-10-4-3-7(18(2,15)16)5-8(10)9(12)6-11(13)14/h3-5,9H,6,12H2,1-2H3,(H,13,14). The van der Waals surface area contributed by atoms with Crippen molar-refractivity contribution in [3.63, 3.8) is 0 Å². The number of carbonyl (C=O) groups is 1. The van der Waals surface area contributed by atoms with Crippen LogP contribution >= 0.6 is 0 Å². The first kappa shape index (κ1) is 14.5. The fraction of sp³-hybridized carbons (Fsp3) is 0.364. The van der Waals surface area contributed by atoms with E-state index >= 15 is 0 Å². The van der Waals surface area contributed by atoms with E-state index in [9.17, 15) is 13.2 Å². The Morgan fingerprint density at radius 2 is 2.11 bits per heavy atom. The van der Waals surface area contributed by atoms with Gasteiger partial charge in [0.05, 0.1) is 18.4 Å². The Hall–Kier alpha value is -1.60. The molecule has 0 saturated heterocycles. The molecule has 0 aliphatic carbocycles. The predicted octanol–water partition coefficient (Wildman–Crippen LogP) is 0.573. The summed E-state index contributed by atoms with van der Waals surface area (Å²) >= 11 is 0. The summed E-state index contributed by atoms with van der Waals surface area (Å²) in [6, 6.07) is 3.39. The minimum atomic E-state index is -3.37. The van der Waals surface area contributed by atoms with Crippen LogP contribution in [0.25, 0.3) is 0 Å². The van der Waals surface area contributed by atoms with E-state index in [-0.39, 0.29) is 11.3 Å². The minimum absolute atomic E-state index is 0.0825. The second-order valence-electron chi connectivity index (χ2n) is 3.88. The molecule has 1 atom stereocenters. The van der Waals surface area contributed by atoms with Gasteiger partial charge in [-0.2, -0.15) is 0 Å². The molecule has 0 heterocycles. The van der Waals surface area contributed by atoms with Crippen LogP contribution in [0.1, 0.15) is 18.0 Å². The number of sulfone groups is 1. The molecule has 0 aromatic heterocycles. The number of rotatable bonds is 5. The lowest BCUT2D eigenvalue weighted by atomic mass is 10.0. The summed E-state index contributed by atoms with van der Waals surface area (Å²) < 4.78 is 27.9. The van der Waals surface area contributed by atoms with Gasteiger partial charge in [-0.25, -0.2) is 8.42 Å². The Balaban J connectivity index is 3.26. The van der Waals surface area contributed by atoms with Crippen molar-refractivity contribution >= 4 is 15.8 Å². The summed E-state index contributed by atoms with van der Waals surface area (Å²) in [5.41, 5.74) is 6.09. The lowest BCUT2D eigenvalue weighted by Gasteiger charge is -2.15. The van der Waals surface area contributed by atoms with Gasteiger partial charge < -0.3 is 15.6 Å². The van der Waals surface area contributed by atoms with Crippen LogP contribution in [0.15, 0.2) is 23.1 Å². The van der Waals surface area contributed by atoms with Gasteiger partial charge in [0.15, 0.2) is 9.84 Å². The highest BCUT2D eigenvalue weighted by molar-refractivity contribution is 7.90. The number of hydrogen-bond acceptors (Lipinski definition) is 5. The fourth-order valence-corrected chi connectivity index (χ4v) is 2.19. The molecular formula is C11H15NO5S. The highest BCUT2D eigenvalue weighted by Crippen LogP contribution is 2.28. The maximum absolute atomic E-state index is 11.4. The maximum Gasteiger partial charge on any atom is 0.305 e. The number of ether oxygens (including phenoxy) is 1. The second-order valence-corrected chi connectivity index (χ2v) is 5.90. The molecule has 0 amide bonds. The molecule has 6 nitrogen and oxygen atoms in total. The Morgan fingerprint density at radius 3 is 2.56 bits per heavy atom. The van der Waals surface area contributed by atoms with E-state index in [0.29, 0.717) is 11.3 Å². The van der Waals surface area contributed by atoms with Crippen LogP contribution in [-0.2, 0) is 14.6 Å². The van der Waals surface area contributed by atoms with Crippen LogP contribution < -0.4 is 10.5 Å². The van der Waals surface area contributed by atoms with Crippen molar-refractivity contribution in [2.45, 2.75) is 17.4 Å². The van der Waals surface area contributed by atoms with E-state index < -0.39 is 21.8 Å². The number of aliphatic carboxylic acids is 1. The smallest absolute Gasteiger partial charge is 0.305 e. The van der Waals surface area contributed by atoms with Crippen LogP contribution in [0.5, 0.6) is 5.75 Å². The Morgan fingerprint density at radius 1 is 1.50 bits per heavy atom. The van der Waals surface area contributed by atoms with Crippen molar-refractivity contribution < 1.29 is 23.1 Å². The Kier molecular flexibility index (Phi) is 4.31. The van der Waals surface area contributed by atoms with E-state index in [1.165, 1.54) is 25.3 Å². The molecule has 1 rings (SSSR count). The van der Waals surface area contributed by atoms with Gasteiger partial charge in [-0.1, -0.05) is 0 Å². The quantitative estimate of drug-likeness (QED) is 0.812. The molecule has 100 valence electrons. The molecule has 0 spiro atoms. The molecule has 0 bridgehead atoms. The zero-order valence-corrected chi connectivity index (χ0v) is 10.9. The third-order valence-corrected chi connectivity index (χ3v) is 3.53. The van der Waals surface area contributed by atoms with E-state index in [0.717, 1.165) is 6.26 Å². The van der Waals surface area contributed by atoms with Crippen molar-refractivity contribution in [2.75, 3.05) is 13.4 Å². The van der Waals surface area contributed by atoms with Crippen LogP contribution in [0.3, 0.4) is 0 Å². The molecule has 1 aromatic rings. The number of nitrogens with two attached hydrogens (primary N) is 1. The summed E-state index contributed by atoms with van der Waals surface area (Å²) in [6.07, 6.45) is 0.769. The zero-order chi connectivity index (χ0) is 13.9. The minimum Gasteiger partial charge on any atom is -0.496 e. The number of hydrogen-bond donors (Lipinski definition) is 2. The number of methoxy groups -OCH3 is 1. The average molecular weight is 273 g/mol. The maximum atomic E-state index is 11.4. The summed E-state index contributed by atoms with van der Waals surface area (Å²) in [4.78, 5) is 10.7. The third kappa shape index (κ3) is 3.44. The molecule has 3 N–H and O–H groups in total. The Bertz CT molecular complexity index is 553. The predicted molar refractivity (Wildman–Crippen MR) is 65.3 cm³/mol. The molecule has 7 heteroatoms. The molecule has 0 saturated carbocycles. The molecule has 1 aromatic carbocycles. The number of carboxylic acid groups (broad SMARTS) is 1. The largest absolute Gasteiger partial charge is 0.496 e. The van der Waals surface area contributed by atoms with Gasteiger partial charge in [-0.3, -0.25) is 4.79 Å². The molecule has 0 radical (unpaired) electrons. The monoisotopic (exact) mass is 273 g/mol. The summed E-state index contributed by atoms with van der Waals surface area (Å²) in [5, 5.41) is 8.70. The van der Waals surface area contributed by atoms with Gasteiger partial charge in [-0.05, 0) is 18.2 Å². The van der Waals surface area contributed by atoms with Gasteiger partial charge in [0.2, 0.25) is 0 Å². The van der Waals surface area contributed by atoms with Crippen LogP contribution in [0, 0.1) is 0 Å². The van der Waals surface area contributed by atoms with Gasteiger partial charge in [0.25, 0.3) is 0 Å². The molecular weight excluding hydrogens is 258 g/mol. The lowest BCUT2D eigenvalue weighted by Crippen LogP contribution is -2.16. The first-order valence-corrected chi connectivity index (χ1v) is 7.00. The highest BCUT2D eigenvalue weighted by Gasteiger charge is 2.18. The second kappa shape index (κ2) is 5.36. The van der Waals surface area contributed by atoms with E-state index in [2.05, 4.69) is 0 Å². The summed E-state index contributed by atoms with van der Waals surface area (Å²) in [7, 11) is -1.96. The van der Waals surface area contributed by atoms with Gasteiger partial charge >= 0.3 is 5.97 Å². The first-order valence-electron chi connectivity index (χ1n) is 5.11. The Labute approximate surface area is 105 Å². The van der Waals surface area contributed by atoms with Crippen molar-refractivity contribution in [1.29, 1.82) is 0 Å². The zero-order valence-electron chi connectivity index (χ0n) is 10.1. The molecule has 0 fully saturated rings. The van der Waals surface area contributed by atoms with E-state index in [1.54, 1.807) is 0 Å². The normalized spacial score (nSPS) is 13.1. The van der Waals surface area contributed by atoms with E-state index in [1.807, 2.05) is 0 Å². The molecule has 18 heavy (non-hydrogen) atoms. The van der Waals surface area contributed by atoms with Crippen molar-refractivity contribution in [3.05, 3.63) is 23.8 Å². The first-order chi connectivity index (χ1) is 8.25. The van der Waals surface area contributed by atoms with Crippen molar-refractivity contribution in [3.8, 4) is 5.75 Å². The van der Waals surface area contributed by atoms with Crippen molar-refractivity contribution in [1.82, 2.24) is 0 Å². The molecule has 0 aliphatic heterocycles.